The van der Waals surface area contributed by atoms with E-state index in [9.17, 15) is 9.59 Å². The Bertz CT molecular complexity index is 625. The molecule has 7 heteroatoms. The molecule has 0 spiro atoms. The fraction of sp³-hybridized carbons (Fsp3) is 0.688. The van der Waals surface area contributed by atoms with Crippen LogP contribution >= 0.6 is 0 Å². The van der Waals surface area contributed by atoms with Gasteiger partial charge in [-0.05, 0) is 25.2 Å². The van der Waals surface area contributed by atoms with Gasteiger partial charge in [0.05, 0.1) is 12.6 Å². The molecule has 1 saturated carbocycles. The van der Waals surface area contributed by atoms with Crippen LogP contribution in [0.3, 0.4) is 0 Å². The van der Waals surface area contributed by atoms with Crippen LogP contribution in [0.1, 0.15) is 31.2 Å². The van der Waals surface area contributed by atoms with Crippen LogP contribution in [0, 0.1) is 11.8 Å². The van der Waals surface area contributed by atoms with E-state index in [1.54, 1.807) is 11.1 Å². The molecule has 124 valence electrons. The number of nitrogens with zero attached hydrogens (tertiary/aromatic N) is 4. The molecule has 3 heterocycles. The number of aromatic nitrogens is 2. The second kappa shape index (κ2) is 5.63. The Morgan fingerprint density at radius 1 is 1.39 bits per heavy atom. The molecule has 2 atom stereocenters. The summed E-state index contributed by atoms with van der Waals surface area (Å²) in [5.41, 5.74) is 0. The van der Waals surface area contributed by atoms with Gasteiger partial charge in [-0.2, -0.15) is 0 Å². The summed E-state index contributed by atoms with van der Waals surface area (Å²) < 4.78 is 7.66. The van der Waals surface area contributed by atoms with E-state index in [0.29, 0.717) is 25.6 Å². The fourth-order valence-electron chi connectivity index (χ4n) is 3.50. The van der Waals surface area contributed by atoms with Crippen molar-refractivity contribution < 1.29 is 14.3 Å². The standard InChI is InChI=1S/C16H22N4O3/c1-18-6-5-17-15(18)14-12(4-7-23-14)16(22)20-9-13(21)19(10-20)8-11-2-3-11/h5-6,11-12,14H,2-4,7-10H2,1H3/t12-,14-/m1/s1. The Balaban J connectivity index is 1.45. The van der Waals surface area contributed by atoms with Gasteiger partial charge in [0.2, 0.25) is 11.8 Å². The number of hydrogen-bond acceptors (Lipinski definition) is 4. The van der Waals surface area contributed by atoms with Gasteiger partial charge >= 0.3 is 0 Å². The molecule has 3 aliphatic rings. The molecule has 7 nitrogen and oxygen atoms in total. The number of amides is 2. The highest BCUT2D eigenvalue weighted by Crippen LogP contribution is 2.36. The van der Waals surface area contributed by atoms with E-state index >= 15 is 0 Å². The first-order chi connectivity index (χ1) is 11.1. The van der Waals surface area contributed by atoms with Gasteiger partial charge in [0.25, 0.3) is 0 Å². The first kappa shape index (κ1) is 14.7. The van der Waals surface area contributed by atoms with Crippen molar-refractivity contribution in [2.45, 2.75) is 25.4 Å². The maximum atomic E-state index is 12.9. The van der Waals surface area contributed by atoms with Gasteiger partial charge in [-0.15, -0.1) is 0 Å². The monoisotopic (exact) mass is 318 g/mol. The molecule has 0 bridgehead atoms. The molecule has 3 fully saturated rings. The van der Waals surface area contributed by atoms with Crippen LogP contribution in [-0.2, 0) is 21.4 Å². The number of imidazole rings is 1. The summed E-state index contributed by atoms with van der Waals surface area (Å²) in [5, 5.41) is 0. The third kappa shape index (κ3) is 2.73. The average Bonchev–Trinajstić information content (AvgIpc) is 2.91. The van der Waals surface area contributed by atoms with Gasteiger partial charge in [0.1, 0.15) is 18.5 Å². The van der Waals surface area contributed by atoms with Gasteiger partial charge in [-0.1, -0.05) is 0 Å². The zero-order valence-corrected chi connectivity index (χ0v) is 13.4. The van der Waals surface area contributed by atoms with Gasteiger partial charge < -0.3 is 19.1 Å². The second-order valence-corrected chi connectivity index (χ2v) is 6.82. The average molecular weight is 318 g/mol. The van der Waals surface area contributed by atoms with Crippen molar-refractivity contribution in [1.82, 2.24) is 19.4 Å². The molecule has 2 saturated heterocycles. The minimum absolute atomic E-state index is 0.0159. The minimum Gasteiger partial charge on any atom is -0.369 e. The Kier molecular flexibility index (Phi) is 3.60. The number of aryl methyl sites for hydroxylation is 1. The molecule has 1 aromatic rings. The zero-order valence-electron chi connectivity index (χ0n) is 13.4. The normalized spacial score (nSPS) is 28.0. The maximum Gasteiger partial charge on any atom is 0.243 e. The highest BCUT2D eigenvalue weighted by Gasteiger charge is 2.43. The summed E-state index contributed by atoms with van der Waals surface area (Å²) in [6.07, 6.45) is 6.36. The Morgan fingerprint density at radius 2 is 2.22 bits per heavy atom. The summed E-state index contributed by atoms with van der Waals surface area (Å²) >= 11 is 0. The first-order valence-electron chi connectivity index (χ1n) is 8.29. The van der Waals surface area contributed by atoms with Crippen molar-refractivity contribution >= 4 is 11.8 Å². The van der Waals surface area contributed by atoms with Crippen molar-refractivity contribution in [3.63, 3.8) is 0 Å². The van der Waals surface area contributed by atoms with E-state index in [0.717, 1.165) is 12.4 Å². The van der Waals surface area contributed by atoms with Crippen molar-refractivity contribution in [1.29, 1.82) is 0 Å². The zero-order chi connectivity index (χ0) is 16.0. The second-order valence-electron chi connectivity index (χ2n) is 6.82. The molecule has 4 rings (SSSR count). The van der Waals surface area contributed by atoms with E-state index in [-0.39, 0.29) is 30.4 Å². The third-order valence-corrected chi connectivity index (χ3v) is 5.03. The van der Waals surface area contributed by atoms with E-state index in [1.165, 1.54) is 12.8 Å². The Hall–Kier alpha value is -1.89. The van der Waals surface area contributed by atoms with Crippen molar-refractivity contribution in [2.24, 2.45) is 18.9 Å². The molecule has 1 aliphatic carbocycles. The van der Waals surface area contributed by atoms with Crippen molar-refractivity contribution in [2.75, 3.05) is 26.4 Å². The lowest BCUT2D eigenvalue weighted by Gasteiger charge is -2.23. The number of hydrogen-bond donors (Lipinski definition) is 0. The van der Waals surface area contributed by atoms with Gasteiger partial charge in [-0.25, -0.2) is 4.98 Å². The lowest BCUT2D eigenvalue weighted by atomic mass is 9.99. The lowest BCUT2D eigenvalue weighted by Crippen LogP contribution is -2.37. The molecule has 1 aromatic heterocycles. The topological polar surface area (TPSA) is 67.7 Å². The Morgan fingerprint density at radius 3 is 2.91 bits per heavy atom. The molecule has 0 N–H and O–H groups in total. The highest BCUT2D eigenvalue weighted by molar-refractivity contribution is 5.89. The van der Waals surface area contributed by atoms with Crippen LogP contribution in [0.2, 0.25) is 0 Å². The van der Waals surface area contributed by atoms with E-state index in [1.807, 2.05) is 22.7 Å². The predicted octanol–water partition coefficient (Wildman–Crippen LogP) is 0.536. The summed E-state index contributed by atoms with van der Waals surface area (Å²) in [4.78, 5) is 32.8. The third-order valence-electron chi connectivity index (χ3n) is 5.03. The maximum absolute atomic E-state index is 12.9. The molecule has 0 unspecified atom stereocenters. The number of carbonyl (C=O) groups is 2. The molecule has 0 radical (unpaired) electrons. The fourth-order valence-corrected chi connectivity index (χ4v) is 3.50. The Labute approximate surface area is 135 Å². The van der Waals surface area contributed by atoms with E-state index in [4.69, 9.17) is 4.74 Å². The summed E-state index contributed by atoms with van der Waals surface area (Å²) in [6.45, 7) is 1.99. The van der Waals surface area contributed by atoms with Gasteiger partial charge in [0, 0.05) is 32.6 Å². The largest absolute Gasteiger partial charge is 0.369 e. The number of ether oxygens (including phenoxy) is 1. The summed E-state index contributed by atoms with van der Waals surface area (Å²) in [7, 11) is 1.91. The number of carbonyl (C=O) groups excluding carboxylic acids is 2. The SMILES string of the molecule is Cn1ccnc1[C@@H]1OCC[C@H]1C(=O)N1CC(=O)N(CC2CC2)C1. The van der Waals surface area contributed by atoms with Crippen LogP contribution in [0.5, 0.6) is 0 Å². The first-order valence-corrected chi connectivity index (χ1v) is 8.29. The number of rotatable bonds is 4. The van der Waals surface area contributed by atoms with E-state index < -0.39 is 0 Å². The van der Waals surface area contributed by atoms with Crippen LogP contribution in [0.15, 0.2) is 12.4 Å². The molecule has 23 heavy (non-hydrogen) atoms. The minimum atomic E-state index is -0.310. The molecule has 2 amide bonds. The van der Waals surface area contributed by atoms with E-state index in [2.05, 4.69) is 4.98 Å². The van der Waals surface area contributed by atoms with Crippen molar-refractivity contribution in [3.05, 3.63) is 18.2 Å². The van der Waals surface area contributed by atoms with Gasteiger partial charge in [0.15, 0.2) is 0 Å². The smallest absolute Gasteiger partial charge is 0.243 e. The van der Waals surface area contributed by atoms with Gasteiger partial charge in [-0.3, -0.25) is 9.59 Å². The quantitative estimate of drug-likeness (QED) is 0.812. The molecular weight excluding hydrogens is 296 g/mol. The van der Waals surface area contributed by atoms with Crippen molar-refractivity contribution in [3.8, 4) is 0 Å². The summed E-state index contributed by atoms with van der Waals surface area (Å²) in [6, 6.07) is 0. The molecule has 2 aliphatic heterocycles. The summed E-state index contributed by atoms with van der Waals surface area (Å²) in [5.74, 6) is 1.26. The highest BCUT2D eigenvalue weighted by atomic mass is 16.5. The van der Waals surface area contributed by atoms with Crippen LogP contribution in [0.4, 0.5) is 0 Å². The van der Waals surface area contributed by atoms with Crippen LogP contribution in [-0.4, -0.2) is 57.5 Å². The lowest BCUT2D eigenvalue weighted by molar-refractivity contribution is -0.137. The van der Waals surface area contributed by atoms with Crippen LogP contribution in [0.25, 0.3) is 0 Å². The molecule has 0 aromatic carbocycles. The predicted molar refractivity (Wildman–Crippen MR) is 81.0 cm³/mol. The van der Waals surface area contributed by atoms with Crippen LogP contribution < -0.4 is 0 Å². The molecular formula is C16H22N4O3.